The molecule has 1 amide bonds. The van der Waals surface area contributed by atoms with Crippen LogP contribution in [-0.4, -0.2) is 28.2 Å². The van der Waals surface area contributed by atoms with Crippen LogP contribution in [0.4, 0.5) is 5.13 Å². The normalized spacial score (nSPS) is 11.2. The van der Waals surface area contributed by atoms with Crippen molar-refractivity contribution in [2.75, 3.05) is 11.9 Å². The Balaban J connectivity index is 2.67. The number of nitrogens with zero attached hydrogens (tertiary/aromatic N) is 2. The molecule has 0 aliphatic rings. The minimum Gasteiger partial charge on any atom is -0.354 e. The number of hydrogen-bond donors (Lipinski definition) is 2. The van der Waals surface area contributed by atoms with Crippen LogP contribution in [0.1, 0.15) is 20.8 Å². The van der Waals surface area contributed by atoms with Gasteiger partial charge in [0, 0.05) is 6.54 Å². The van der Waals surface area contributed by atoms with E-state index < -0.39 is 5.54 Å². The fourth-order valence-corrected chi connectivity index (χ4v) is 2.13. The summed E-state index contributed by atoms with van der Waals surface area (Å²) >= 11 is 4.57. The molecule has 15 heavy (non-hydrogen) atoms. The van der Waals surface area contributed by atoms with E-state index in [0.717, 1.165) is 0 Å². The Kier molecular flexibility index (Phi) is 4.04. The molecule has 1 heterocycles. The van der Waals surface area contributed by atoms with E-state index in [1.165, 1.54) is 11.3 Å². The number of likely N-dealkylation sites (N-methyl/N-ethyl adjacent to an activating group) is 1. The van der Waals surface area contributed by atoms with Gasteiger partial charge in [-0.25, -0.2) is 0 Å². The van der Waals surface area contributed by atoms with Crippen LogP contribution in [0, 0.1) is 0 Å². The van der Waals surface area contributed by atoms with Crippen LogP contribution in [0.2, 0.25) is 0 Å². The maximum Gasteiger partial charge on any atom is 0.245 e. The highest BCUT2D eigenvalue weighted by Gasteiger charge is 2.27. The lowest BCUT2D eigenvalue weighted by Crippen LogP contribution is -2.47. The van der Waals surface area contributed by atoms with Gasteiger partial charge in [0.25, 0.3) is 0 Å². The van der Waals surface area contributed by atoms with Crippen LogP contribution in [0.25, 0.3) is 0 Å². The topological polar surface area (TPSA) is 66.9 Å². The lowest BCUT2D eigenvalue weighted by Gasteiger charge is -2.23. The number of aromatic nitrogens is 2. The van der Waals surface area contributed by atoms with E-state index in [4.69, 9.17) is 0 Å². The van der Waals surface area contributed by atoms with Crippen molar-refractivity contribution in [1.82, 2.24) is 15.5 Å². The zero-order valence-electron chi connectivity index (χ0n) is 8.80. The van der Waals surface area contributed by atoms with Crippen molar-refractivity contribution in [2.24, 2.45) is 0 Å². The number of carbonyl (C=O) groups is 1. The number of amides is 1. The summed E-state index contributed by atoms with van der Waals surface area (Å²) in [5, 5.41) is 14.1. The molecule has 2 N–H and O–H groups in total. The highest BCUT2D eigenvalue weighted by molar-refractivity contribution is 9.11. The van der Waals surface area contributed by atoms with Crippen molar-refractivity contribution < 1.29 is 4.79 Å². The number of anilines is 1. The Bertz CT molecular complexity index is 352. The van der Waals surface area contributed by atoms with Gasteiger partial charge in [-0.15, -0.1) is 10.2 Å². The Morgan fingerprint density at radius 2 is 2.20 bits per heavy atom. The van der Waals surface area contributed by atoms with Gasteiger partial charge in [-0.1, -0.05) is 11.3 Å². The van der Waals surface area contributed by atoms with Crippen molar-refractivity contribution in [2.45, 2.75) is 26.3 Å². The van der Waals surface area contributed by atoms with Crippen molar-refractivity contribution in [3.05, 3.63) is 3.92 Å². The molecule has 0 radical (unpaired) electrons. The Morgan fingerprint density at radius 3 is 2.67 bits per heavy atom. The standard InChI is InChI=1S/C8H13BrN4OS/c1-4-10-5(14)8(2,3)11-7-13-12-6(9)15-7/h4H2,1-3H3,(H,10,14)(H,11,13). The van der Waals surface area contributed by atoms with Crippen molar-refractivity contribution in [3.63, 3.8) is 0 Å². The molecule has 0 fully saturated rings. The molecule has 7 heteroatoms. The average Bonchev–Trinajstić information content (AvgIpc) is 2.50. The lowest BCUT2D eigenvalue weighted by molar-refractivity contribution is -0.124. The highest BCUT2D eigenvalue weighted by Crippen LogP contribution is 2.23. The van der Waals surface area contributed by atoms with Gasteiger partial charge in [-0.2, -0.15) is 0 Å². The fraction of sp³-hybridized carbons (Fsp3) is 0.625. The van der Waals surface area contributed by atoms with Gasteiger partial charge < -0.3 is 10.6 Å². The van der Waals surface area contributed by atoms with E-state index in [1.54, 1.807) is 13.8 Å². The molecule has 0 atom stereocenters. The smallest absolute Gasteiger partial charge is 0.245 e. The zero-order chi connectivity index (χ0) is 11.5. The monoisotopic (exact) mass is 292 g/mol. The first-order valence-corrected chi connectivity index (χ1v) is 6.12. The van der Waals surface area contributed by atoms with E-state index in [9.17, 15) is 4.79 Å². The van der Waals surface area contributed by atoms with E-state index >= 15 is 0 Å². The van der Waals surface area contributed by atoms with Gasteiger partial charge in [0.15, 0.2) is 3.92 Å². The maximum atomic E-state index is 11.6. The van der Waals surface area contributed by atoms with Crippen LogP contribution in [0.15, 0.2) is 3.92 Å². The van der Waals surface area contributed by atoms with Crippen LogP contribution in [0.3, 0.4) is 0 Å². The second-order valence-corrected chi connectivity index (χ2v) is 5.72. The largest absolute Gasteiger partial charge is 0.354 e. The van der Waals surface area contributed by atoms with Gasteiger partial charge in [-0.05, 0) is 36.7 Å². The van der Waals surface area contributed by atoms with Crippen LogP contribution in [-0.2, 0) is 4.79 Å². The van der Waals surface area contributed by atoms with Crippen molar-refractivity contribution >= 4 is 38.3 Å². The first-order chi connectivity index (χ1) is 6.95. The van der Waals surface area contributed by atoms with Gasteiger partial charge in [0.1, 0.15) is 5.54 Å². The third kappa shape index (κ3) is 3.42. The van der Waals surface area contributed by atoms with Gasteiger partial charge in [-0.3, -0.25) is 4.79 Å². The van der Waals surface area contributed by atoms with Crippen LogP contribution < -0.4 is 10.6 Å². The van der Waals surface area contributed by atoms with Crippen molar-refractivity contribution in [1.29, 1.82) is 0 Å². The summed E-state index contributed by atoms with van der Waals surface area (Å²) in [7, 11) is 0. The number of carbonyl (C=O) groups excluding carboxylic acids is 1. The summed E-state index contributed by atoms with van der Waals surface area (Å²) < 4.78 is 0.691. The third-order valence-electron chi connectivity index (χ3n) is 1.72. The molecule has 0 aromatic carbocycles. The number of hydrogen-bond acceptors (Lipinski definition) is 5. The van der Waals surface area contributed by atoms with E-state index in [-0.39, 0.29) is 5.91 Å². The second-order valence-electron chi connectivity index (χ2n) is 3.47. The molecule has 0 aliphatic carbocycles. The van der Waals surface area contributed by atoms with Crippen LogP contribution in [0.5, 0.6) is 0 Å². The molecule has 1 aromatic heterocycles. The molecule has 0 saturated heterocycles. The van der Waals surface area contributed by atoms with Gasteiger partial charge in [0.2, 0.25) is 11.0 Å². The summed E-state index contributed by atoms with van der Waals surface area (Å²) in [6, 6.07) is 0. The maximum absolute atomic E-state index is 11.6. The van der Waals surface area contributed by atoms with E-state index in [2.05, 4.69) is 36.8 Å². The Hall–Kier alpha value is -0.690. The summed E-state index contributed by atoms with van der Waals surface area (Å²) in [6.45, 7) is 6.10. The van der Waals surface area contributed by atoms with Crippen molar-refractivity contribution in [3.8, 4) is 0 Å². The summed E-state index contributed by atoms with van der Waals surface area (Å²) in [5.41, 5.74) is -0.686. The molecule has 84 valence electrons. The Labute approximate surface area is 101 Å². The fourth-order valence-electron chi connectivity index (χ4n) is 0.961. The van der Waals surface area contributed by atoms with E-state index in [1.807, 2.05) is 6.92 Å². The minimum atomic E-state index is -0.686. The van der Waals surface area contributed by atoms with Crippen LogP contribution >= 0.6 is 27.3 Å². The molecule has 0 unspecified atom stereocenters. The van der Waals surface area contributed by atoms with Gasteiger partial charge in [0.05, 0.1) is 0 Å². The molecule has 0 spiro atoms. The number of rotatable bonds is 4. The average molecular weight is 293 g/mol. The molecule has 1 aromatic rings. The lowest BCUT2D eigenvalue weighted by atomic mass is 10.1. The minimum absolute atomic E-state index is 0.0590. The molecule has 0 aliphatic heterocycles. The number of nitrogens with one attached hydrogen (secondary N) is 2. The molecule has 1 rings (SSSR count). The summed E-state index contributed by atoms with van der Waals surface area (Å²) in [4.78, 5) is 11.6. The predicted molar refractivity (Wildman–Crippen MR) is 64.0 cm³/mol. The Morgan fingerprint density at radius 1 is 1.53 bits per heavy atom. The second kappa shape index (κ2) is 4.89. The molecule has 0 saturated carbocycles. The molecular weight excluding hydrogens is 280 g/mol. The summed E-state index contributed by atoms with van der Waals surface area (Å²) in [5.74, 6) is -0.0590. The first-order valence-electron chi connectivity index (χ1n) is 4.51. The molecule has 0 bridgehead atoms. The third-order valence-corrected chi connectivity index (χ3v) is 3.00. The molecular formula is C8H13BrN4OS. The SMILES string of the molecule is CCNC(=O)C(C)(C)Nc1nnc(Br)s1. The highest BCUT2D eigenvalue weighted by atomic mass is 79.9. The predicted octanol–water partition coefficient (Wildman–Crippen LogP) is 1.63. The van der Waals surface area contributed by atoms with Gasteiger partial charge >= 0.3 is 0 Å². The first kappa shape index (κ1) is 12.4. The quantitative estimate of drug-likeness (QED) is 0.885. The molecule has 5 nitrogen and oxygen atoms in total. The number of halogens is 1. The summed E-state index contributed by atoms with van der Waals surface area (Å²) in [6.07, 6.45) is 0. The zero-order valence-corrected chi connectivity index (χ0v) is 11.2. The van der Waals surface area contributed by atoms with E-state index in [0.29, 0.717) is 15.6 Å².